The smallest absolute Gasteiger partial charge is 0.355 e. The lowest BCUT2D eigenvalue weighted by atomic mass is 10.1. The van der Waals surface area contributed by atoms with Crippen LogP contribution in [0.3, 0.4) is 0 Å². The summed E-state index contributed by atoms with van der Waals surface area (Å²) in [5.74, 6) is -0.451. The van der Waals surface area contributed by atoms with Gasteiger partial charge in [-0.25, -0.2) is 0 Å². The maximum Gasteiger partial charge on any atom is 0.418 e. The quantitative estimate of drug-likeness (QED) is 0.706. The summed E-state index contributed by atoms with van der Waals surface area (Å²) < 4.78 is 39.3. The lowest BCUT2D eigenvalue weighted by molar-refractivity contribution is -0.136. The highest BCUT2D eigenvalue weighted by Gasteiger charge is 2.33. The van der Waals surface area contributed by atoms with Crippen molar-refractivity contribution >= 4 is 17.3 Å². The lowest BCUT2D eigenvalue weighted by Gasteiger charge is -2.14. The maximum atomic E-state index is 13.1. The molecule has 3 aromatic rings. The van der Waals surface area contributed by atoms with Gasteiger partial charge in [-0.05, 0) is 36.4 Å². The first kappa shape index (κ1) is 18.4. The van der Waals surface area contributed by atoms with E-state index in [1.165, 1.54) is 36.5 Å². The zero-order valence-corrected chi connectivity index (χ0v) is 14.0. The molecule has 0 aliphatic heterocycles. The number of benzene rings is 1. The maximum absolute atomic E-state index is 13.1. The van der Waals surface area contributed by atoms with Gasteiger partial charge in [0.1, 0.15) is 5.69 Å². The fourth-order valence-corrected chi connectivity index (χ4v) is 2.39. The Bertz CT molecular complexity index is 929. The van der Waals surface area contributed by atoms with Crippen LogP contribution in [-0.2, 0) is 12.7 Å². The largest absolute Gasteiger partial charge is 0.418 e. The Morgan fingerprint density at radius 3 is 2.48 bits per heavy atom. The van der Waals surface area contributed by atoms with Crippen molar-refractivity contribution in [3.8, 4) is 0 Å². The van der Waals surface area contributed by atoms with Crippen LogP contribution < -0.4 is 10.6 Å². The van der Waals surface area contributed by atoms with E-state index in [1.807, 2.05) is 0 Å². The Morgan fingerprint density at radius 2 is 1.74 bits per heavy atom. The first-order valence-corrected chi connectivity index (χ1v) is 8.01. The van der Waals surface area contributed by atoms with E-state index in [9.17, 15) is 18.0 Å². The van der Waals surface area contributed by atoms with E-state index in [1.54, 1.807) is 24.4 Å². The van der Waals surface area contributed by atoms with E-state index in [-0.39, 0.29) is 17.9 Å². The summed E-state index contributed by atoms with van der Waals surface area (Å²) in [4.78, 5) is 20.3. The average molecular weight is 372 g/mol. The number of alkyl halides is 3. The summed E-state index contributed by atoms with van der Waals surface area (Å²) in [6.07, 6.45) is -1.52. The zero-order chi connectivity index (χ0) is 19.3. The molecular weight excluding hydrogens is 357 g/mol. The molecule has 0 saturated carbocycles. The number of nitrogens with one attached hydrogen (secondary N) is 2. The van der Waals surface area contributed by atoms with Crippen LogP contribution in [0.1, 0.15) is 21.7 Å². The molecular formula is C19H15F3N4O. The molecule has 2 heterocycles. The van der Waals surface area contributed by atoms with Crippen LogP contribution in [0.4, 0.5) is 24.5 Å². The predicted octanol–water partition coefficient (Wildman–Crippen LogP) is 4.17. The zero-order valence-electron chi connectivity index (χ0n) is 14.0. The Morgan fingerprint density at radius 1 is 0.963 bits per heavy atom. The third-order valence-electron chi connectivity index (χ3n) is 3.66. The highest BCUT2D eigenvalue weighted by molar-refractivity contribution is 5.93. The van der Waals surface area contributed by atoms with Crippen LogP contribution in [0.25, 0.3) is 0 Å². The SMILES string of the molecule is O=C(NCc1ccccn1)c1cc(Nc2ccccc2C(F)(F)F)ccn1. The van der Waals surface area contributed by atoms with Gasteiger partial charge in [-0.15, -0.1) is 0 Å². The van der Waals surface area contributed by atoms with Gasteiger partial charge in [-0.1, -0.05) is 18.2 Å². The molecule has 0 spiro atoms. The third kappa shape index (κ3) is 4.81. The first-order valence-electron chi connectivity index (χ1n) is 8.01. The number of hydrogen-bond donors (Lipinski definition) is 2. The average Bonchev–Trinajstić information content (AvgIpc) is 2.67. The number of amides is 1. The molecule has 3 rings (SSSR count). The van der Waals surface area contributed by atoms with E-state index in [2.05, 4.69) is 20.6 Å². The molecule has 2 aromatic heterocycles. The number of anilines is 2. The molecule has 8 heteroatoms. The van der Waals surface area contributed by atoms with Crippen LogP contribution in [0.2, 0.25) is 0 Å². The van der Waals surface area contributed by atoms with E-state index in [0.717, 1.165) is 6.07 Å². The molecule has 0 fully saturated rings. The van der Waals surface area contributed by atoms with Crippen LogP contribution in [0.5, 0.6) is 0 Å². The summed E-state index contributed by atoms with van der Waals surface area (Å²) in [6, 6.07) is 13.3. The highest BCUT2D eigenvalue weighted by atomic mass is 19.4. The van der Waals surface area contributed by atoms with Crippen molar-refractivity contribution in [1.82, 2.24) is 15.3 Å². The monoisotopic (exact) mass is 372 g/mol. The van der Waals surface area contributed by atoms with Crippen molar-refractivity contribution in [3.05, 3.63) is 83.9 Å². The molecule has 5 nitrogen and oxygen atoms in total. The number of halogens is 3. The minimum Gasteiger partial charge on any atom is -0.355 e. The van der Waals surface area contributed by atoms with E-state index >= 15 is 0 Å². The number of carbonyl (C=O) groups excluding carboxylic acids is 1. The standard InChI is InChI=1S/C19H15F3N4O/c20-19(21,22)15-6-1-2-7-16(15)26-13-8-10-24-17(11-13)18(27)25-12-14-5-3-4-9-23-14/h1-11H,12H2,(H,24,26)(H,25,27). The van der Waals surface area contributed by atoms with Crippen molar-refractivity contribution in [2.24, 2.45) is 0 Å². The lowest BCUT2D eigenvalue weighted by Crippen LogP contribution is -2.24. The summed E-state index contributed by atoms with van der Waals surface area (Å²) in [5, 5.41) is 5.37. The number of aromatic nitrogens is 2. The summed E-state index contributed by atoms with van der Waals surface area (Å²) in [6.45, 7) is 0.218. The molecule has 0 unspecified atom stereocenters. The molecule has 1 amide bonds. The molecule has 0 atom stereocenters. The predicted molar refractivity (Wildman–Crippen MR) is 94.4 cm³/mol. The minimum atomic E-state index is -4.49. The topological polar surface area (TPSA) is 66.9 Å². The normalized spacial score (nSPS) is 11.1. The van der Waals surface area contributed by atoms with Crippen molar-refractivity contribution in [2.45, 2.75) is 12.7 Å². The van der Waals surface area contributed by atoms with Gasteiger partial charge in [-0.3, -0.25) is 14.8 Å². The van der Waals surface area contributed by atoms with Gasteiger partial charge in [0, 0.05) is 18.1 Å². The molecule has 2 N–H and O–H groups in total. The molecule has 0 aliphatic carbocycles. The Balaban J connectivity index is 1.74. The fourth-order valence-electron chi connectivity index (χ4n) is 2.39. The van der Waals surface area contributed by atoms with Gasteiger partial charge in [0.2, 0.25) is 0 Å². The fraction of sp³-hybridized carbons (Fsp3) is 0.105. The molecule has 138 valence electrons. The summed E-state index contributed by atoms with van der Waals surface area (Å²) in [5.41, 5.74) is 0.198. The van der Waals surface area contributed by atoms with Crippen LogP contribution in [0.15, 0.2) is 67.0 Å². The van der Waals surface area contributed by atoms with E-state index < -0.39 is 17.6 Å². The van der Waals surface area contributed by atoms with Crippen molar-refractivity contribution < 1.29 is 18.0 Å². The number of hydrogen-bond acceptors (Lipinski definition) is 4. The number of para-hydroxylation sites is 1. The molecule has 0 aliphatic rings. The number of rotatable bonds is 5. The van der Waals surface area contributed by atoms with Gasteiger partial charge >= 0.3 is 6.18 Å². The molecule has 27 heavy (non-hydrogen) atoms. The first-order chi connectivity index (χ1) is 12.9. The van der Waals surface area contributed by atoms with Gasteiger partial charge in [-0.2, -0.15) is 13.2 Å². The van der Waals surface area contributed by atoms with Gasteiger partial charge in [0.15, 0.2) is 0 Å². The Hall–Kier alpha value is -3.42. The van der Waals surface area contributed by atoms with Gasteiger partial charge in [0.25, 0.3) is 5.91 Å². The second kappa shape index (κ2) is 7.86. The summed E-state index contributed by atoms with van der Waals surface area (Å²) in [7, 11) is 0. The molecule has 0 bridgehead atoms. The Labute approximate surface area is 153 Å². The molecule has 0 saturated heterocycles. The van der Waals surface area contributed by atoms with Crippen LogP contribution in [-0.4, -0.2) is 15.9 Å². The van der Waals surface area contributed by atoms with Crippen LogP contribution >= 0.6 is 0 Å². The third-order valence-corrected chi connectivity index (χ3v) is 3.66. The number of nitrogens with zero attached hydrogens (tertiary/aromatic N) is 2. The summed E-state index contributed by atoms with van der Waals surface area (Å²) >= 11 is 0. The van der Waals surface area contributed by atoms with Crippen molar-refractivity contribution in [3.63, 3.8) is 0 Å². The van der Waals surface area contributed by atoms with Crippen molar-refractivity contribution in [2.75, 3.05) is 5.32 Å². The second-order valence-corrected chi connectivity index (χ2v) is 5.60. The van der Waals surface area contributed by atoms with Gasteiger partial charge in [0.05, 0.1) is 23.5 Å². The number of carbonyl (C=O) groups is 1. The number of pyridine rings is 2. The van der Waals surface area contributed by atoms with Crippen molar-refractivity contribution in [1.29, 1.82) is 0 Å². The Kier molecular flexibility index (Phi) is 5.35. The minimum absolute atomic E-state index is 0.0837. The van der Waals surface area contributed by atoms with Crippen LogP contribution in [0, 0.1) is 0 Å². The van der Waals surface area contributed by atoms with Gasteiger partial charge < -0.3 is 10.6 Å². The second-order valence-electron chi connectivity index (χ2n) is 5.60. The van der Waals surface area contributed by atoms with E-state index in [4.69, 9.17) is 0 Å². The highest BCUT2D eigenvalue weighted by Crippen LogP contribution is 2.35. The molecule has 0 radical (unpaired) electrons. The van der Waals surface area contributed by atoms with E-state index in [0.29, 0.717) is 11.4 Å². The molecule has 1 aromatic carbocycles.